The van der Waals surface area contributed by atoms with E-state index >= 15 is 0 Å². The van der Waals surface area contributed by atoms with Gasteiger partial charge in [-0.25, -0.2) is 0 Å². The molecule has 1 atom stereocenters. The number of fused-ring (bicyclic) bond motifs is 3. The van der Waals surface area contributed by atoms with E-state index in [0.717, 1.165) is 63.5 Å². The summed E-state index contributed by atoms with van der Waals surface area (Å²) in [7, 11) is 0. The molecule has 1 saturated heterocycles. The molecule has 4 rings (SSSR count). The van der Waals surface area contributed by atoms with Gasteiger partial charge < -0.3 is 20.1 Å². The lowest BCUT2D eigenvalue weighted by Gasteiger charge is -2.37. The average Bonchev–Trinajstić information content (AvgIpc) is 2.86. The van der Waals surface area contributed by atoms with Gasteiger partial charge in [-0.05, 0) is 87.0 Å². The standard InChI is InChI=1S/C28H39N3O3/c29-28(32)24-10-13-26(14-11-24)33-20-4-15-30-16-5-21-34-27-8-3-6-23(22-27)9-12-25-7-1-2-17-31(25)19-18-30/h3,6,8,10-11,13-14,22,25H,1-2,4-5,7,9,12,15-21H2,(H2,29,32). The second-order valence-corrected chi connectivity index (χ2v) is 9.51. The summed E-state index contributed by atoms with van der Waals surface area (Å²) in [6, 6.07) is 16.4. The number of nitrogens with two attached hydrogens (primary N) is 1. The number of rotatable bonds is 6. The molecule has 0 spiro atoms. The van der Waals surface area contributed by atoms with Crippen LogP contribution < -0.4 is 15.2 Å². The Kier molecular flexibility index (Phi) is 9.22. The number of hydrogen-bond acceptors (Lipinski definition) is 5. The highest BCUT2D eigenvalue weighted by atomic mass is 16.5. The van der Waals surface area contributed by atoms with Crippen LogP contribution in [0.5, 0.6) is 11.5 Å². The van der Waals surface area contributed by atoms with Crippen LogP contribution in [-0.4, -0.2) is 67.7 Å². The van der Waals surface area contributed by atoms with Crippen LogP contribution in [0.1, 0.15) is 54.4 Å². The van der Waals surface area contributed by atoms with E-state index in [4.69, 9.17) is 15.2 Å². The van der Waals surface area contributed by atoms with Crippen molar-refractivity contribution in [1.82, 2.24) is 9.80 Å². The summed E-state index contributed by atoms with van der Waals surface area (Å²) in [5.74, 6) is 1.36. The Morgan fingerprint density at radius 2 is 1.88 bits per heavy atom. The van der Waals surface area contributed by atoms with E-state index in [9.17, 15) is 4.79 Å². The summed E-state index contributed by atoms with van der Waals surface area (Å²) in [4.78, 5) is 16.5. The Morgan fingerprint density at radius 1 is 1.00 bits per heavy atom. The van der Waals surface area contributed by atoms with Crippen LogP contribution in [0.4, 0.5) is 0 Å². The fraction of sp³-hybridized carbons (Fsp3) is 0.536. The first-order valence-corrected chi connectivity index (χ1v) is 12.9. The molecule has 34 heavy (non-hydrogen) atoms. The Labute approximate surface area is 204 Å². The molecular formula is C28H39N3O3. The second kappa shape index (κ2) is 12.8. The molecule has 0 aromatic heterocycles. The first-order valence-electron chi connectivity index (χ1n) is 12.9. The van der Waals surface area contributed by atoms with Crippen LogP contribution in [0, 0.1) is 0 Å². The van der Waals surface area contributed by atoms with E-state index in [2.05, 4.69) is 34.1 Å². The number of aryl methyl sites for hydroxylation is 1. The van der Waals surface area contributed by atoms with Gasteiger partial charge in [0.05, 0.1) is 13.2 Å². The highest BCUT2D eigenvalue weighted by Gasteiger charge is 2.22. The number of benzene rings is 2. The lowest BCUT2D eigenvalue weighted by atomic mass is 9.95. The molecule has 6 heteroatoms. The molecular weight excluding hydrogens is 426 g/mol. The van der Waals surface area contributed by atoms with Crippen molar-refractivity contribution in [3.05, 3.63) is 59.7 Å². The van der Waals surface area contributed by atoms with Crippen molar-refractivity contribution < 1.29 is 14.3 Å². The molecule has 1 fully saturated rings. The van der Waals surface area contributed by atoms with Gasteiger partial charge in [-0.1, -0.05) is 18.6 Å². The first-order chi connectivity index (χ1) is 16.7. The van der Waals surface area contributed by atoms with E-state index < -0.39 is 5.91 Å². The summed E-state index contributed by atoms with van der Waals surface area (Å²) in [5.41, 5.74) is 7.20. The Hall–Kier alpha value is -2.57. The smallest absolute Gasteiger partial charge is 0.248 e. The van der Waals surface area contributed by atoms with Crippen LogP contribution >= 0.6 is 0 Å². The van der Waals surface area contributed by atoms with Gasteiger partial charge in [-0.15, -0.1) is 0 Å². The van der Waals surface area contributed by atoms with Crippen LogP contribution in [0.15, 0.2) is 48.5 Å². The van der Waals surface area contributed by atoms with Crippen molar-refractivity contribution in [2.45, 2.75) is 51.0 Å². The molecule has 184 valence electrons. The van der Waals surface area contributed by atoms with E-state index in [1.165, 1.54) is 37.8 Å². The summed E-state index contributed by atoms with van der Waals surface area (Å²) in [6.45, 7) is 6.90. The molecule has 2 heterocycles. The molecule has 1 unspecified atom stereocenters. The monoisotopic (exact) mass is 465 g/mol. The van der Waals surface area contributed by atoms with Gasteiger partial charge in [0.15, 0.2) is 0 Å². The van der Waals surface area contributed by atoms with E-state index in [1.807, 2.05) is 12.1 Å². The molecule has 0 aliphatic carbocycles. The maximum absolute atomic E-state index is 11.2. The molecule has 6 nitrogen and oxygen atoms in total. The van der Waals surface area contributed by atoms with Gasteiger partial charge in [0.25, 0.3) is 0 Å². The van der Waals surface area contributed by atoms with Gasteiger partial charge in [-0.3, -0.25) is 9.69 Å². The van der Waals surface area contributed by atoms with Gasteiger partial charge in [0.1, 0.15) is 11.5 Å². The number of hydrogen-bond donors (Lipinski definition) is 1. The maximum Gasteiger partial charge on any atom is 0.248 e. The molecule has 1 amide bonds. The number of carbonyl (C=O) groups is 1. The van der Waals surface area contributed by atoms with E-state index in [0.29, 0.717) is 18.2 Å². The molecule has 2 bridgehead atoms. The van der Waals surface area contributed by atoms with Crippen LogP contribution in [-0.2, 0) is 6.42 Å². The van der Waals surface area contributed by atoms with Crippen LogP contribution in [0.25, 0.3) is 0 Å². The summed E-state index contributed by atoms with van der Waals surface area (Å²) in [5, 5.41) is 0. The molecule has 2 aliphatic rings. The summed E-state index contributed by atoms with van der Waals surface area (Å²) >= 11 is 0. The Balaban J connectivity index is 1.30. The zero-order valence-corrected chi connectivity index (χ0v) is 20.3. The normalized spacial score (nSPS) is 20.5. The Bertz CT molecular complexity index is 902. The molecule has 2 aromatic rings. The molecule has 2 aromatic carbocycles. The predicted octanol–water partition coefficient (Wildman–Crippen LogP) is 4.13. The highest BCUT2D eigenvalue weighted by molar-refractivity contribution is 5.92. The van der Waals surface area contributed by atoms with Crippen molar-refractivity contribution in [3.63, 3.8) is 0 Å². The van der Waals surface area contributed by atoms with Crippen LogP contribution in [0.2, 0.25) is 0 Å². The van der Waals surface area contributed by atoms with Gasteiger partial charge in [0.2, 0.25) is 5.91 Å². The lowest BCUT2D eigenvalue weighted by Crippen LogP contribution is -2.44. The minimum Gasteiger partial charge on any atom is -0.494 e. The summed E-state index contributed by atoms with van der Waals surface area (Å²) < 4.78 is 12.0. The van der Waals surface area contributed by atoms with E-state index in [-0.39, 0.29) is 0 Å². The zero-order chi connectivity index (χ0) is 23.6. The number of primary amides is 1. The Morgan fingerprint density at radius 3 is 2.74 bits per heavy atom. The molecule has 2 N–H and O–H groups in total. The summed E-state index contributed by atoms with van der Waals surface area (Å²) in [6.07, 6.45) is 8.32. The van der Waals surface area contributed by atoms with Crippen molar-refractivity contribution in [1.29, 1.82) is 0 Å². The minimum atomic E-state index is -0.416. The minimum absolute atomic E-state index is 0.416. The fourth-order valence-corrected chi connectivity index (χ4v) is 5.08. The van der Waals surface area contributed by atoms with Crippen LogP contribution in [0.3, 0.4) is 0 Å². The fourth-order valence-electron chi connectivity index (χ4n) is 5.08. The second-order valence-electron chi connectivity index (χ2n) is 9.51. The number of amides is 1. The van der Waals surface area contributed by atoms with Crippen molar-refractivity contribution in [2.75, 3.05) is 45.9 Å². The zero-order valence-electron chi connectivity index (χ0n) is 20.3. The molecule has 2 aliphatic heterocycles. The lowest BCUT2D eigenvalue weighted by molar-refractivity contribution is 0.1000. The van der Waals surface area contributed by atoms with Crippen molar-refractivity contribution in [3.8, 4) is 11.5 Å². The van der Waals surface area contributed by atoms with Crippen molar-refractivity contribution >= 4 is 5.91 Å². The number of carbonyl (C=O) groups excluding carboxylic acids is 1. The van der Waals surface area contributed by atoms with E-state index in [1.54, 1.807) is 12.1 Å². The third kappa shape index (κ3) is 7.47. The largest absolute Gasteiger partial charge is 0.494 e. The quantitative estimate of drug-likeness (QED) is 0.650. The van der Waals surface area contributed by atoms with Gasteiger partial charge >= 0.3 is 0 Å². The third-order valence-corrected chi connectivity index (χ3v) is 7.03. The average molecular weight is 466 g/mol. The molecule has 0 saturated carbocycles. The predicted molar refractivity (Wildman–Crippen MR) is 136 cm³/mol. The molecule has 0 radical (unpaired) electrons. The highest BCUT2D eigenvalue weighted by Crippen LogP contribution is 2.23. The maximum atomic E-state index is 11.2. The third-order valence-electron chi connectivity index (χ3n) is 7.03. The first kappa shape index (κ1) is 24.6. The van der Waals surface area contributed by atoms with Gasteiger partial charge in [0, 0.05) is 37.8 Å². The number of nitrogens with zero attached hydrogens (tertiary/aromatic N) is 2. The SMILES string of the molecule is NC(=O)c1ccc(OCCCN2CCCOc3cccc(c3)CCC3CCCCN3CC2)cc1. The van der Waals surface area contributed by atoms with Crippen molar-refractivity contribution in [2.24, 2.45) is 5.73 Å². The topological polar surface area (TPSA) is 68.0 Å². The number of piperidine rings is 1. The van der Waals surface area contributed by atoms with Gasteiger partial charge in [-0.2, -0.15) is 0 Å². The number of ether oxygens (including phenoxy) is 2.